The van der Waals surface area contributed by atoms with Gasteiger partial charge < -0.3 is 10.1 Å². The molecule has 1 N–H and O–H groups in total. The largest absolute Gasteiger partial charge is 0.492 e. The van der Waals surface area contributed by atoms with Crippen molar-refractivity contribution in [2.24, 2.45) is 0 Å². The summed E-state index contributed by atoms with van der Waals surface area (Å²) in [6, 6.07) is 12.8. The van der Waals surface area contributed by atoms with E-state index in [1.807, 2.05) is 37.4 Å². The van der Waals surface area contributed by atoms with Crippen LogP contribution in [0.5, 0.6) is 5.75 Å². The number of aromatic nitrogens is 2. The number of anilines is 1. The maximum absolute atomic E-state index is 12.5. The molecule has 0 aliphatic heterocycles. The Bertz CT molecular complexity index is 1030. The number of pyridine rings is 1. The summed E-state index contributed by atoms with van der Waals surface area (Å²) in [5.74, 6) is 0.0453. The van der Waals surface area contributed by atoms with E-state index in [0.717, 1.165) is 10.1 Å². The highest BCUT2D eigenvalue weighted by atomic mass is 79.9. The van der Waals surface area contributed by atoms with Gasteiger partial charge in [0, 0.05) is 10.7 Å². The Labute approximate surface area is 158 Å². The summed E-state index contributed by atoms with van der Waals surface area (Å²) < 4.78 is 8.15. The number of benzene rings is 1. The molecule has 3 aromatic rings. The number of nitrogens with one attached hydrogen (secondary N) is 1. The van der Waals surface area contributed by atoms with Gasteiger partial charge in [-0.1, -0.05) is 12.1 Å². The second-order valence-electron chi connectivity index (χ2n) is 5.31. The molecule has 26 heavy (non-hydrogen) atoms. The van der Waals surface area contributed by atoms with E-state index in [9.17, 15) is 10.1 Å². The summed E-state index contributed by atoms with van der Waals surface area (Å²) in [5, 5.41) is 12.1. The number of rotatable bonds is 5. The van der Waals surface area contributed by atoms with Crippen molar-refractivity contribution < 1.29 is 9.53 Å². The third kappa shape index (κ3) is 3.76. The molecule has 0 aliphatic carbocycles. The first-order chi connectivity index (χ1) is 12.6. The average Bonchev–Trinajstić information content (AvgIpc) is 3.03. The molecule has 0 fully saturated rings. The lowest BCUT2D eigenvalue weighted by molar-refractivity contribution is -0.112. The average molecular weight is 411 g/mol. The molecule has 0 unspecified atom stereocenters. The van der Waals surface area contributed by atoms with Gasteiger partial charge in [0.1, 0.15) is 23.0 Å². The molecule has 0 radical (unpaired) electrons. The lowest BCUT2D eigenvalue weighted by atomic mass is 10.2. The molecule has 0 atom stereocenters. The van der Waals surface area contributed by atoms with Gasteiger partial charge in [0.25, 0.3) is 5.91 Å². The number of imidazole rings is 1. The standard InChI is InChI=1S/C19H15BrN4O2/c1-2-26-17-6-4-3-5-16(17)23-19(25)13(10-21)9-15-11-22-18-8-7-14(20)12-24(15)18/h3-9,11-12H,2H2,1H3,(H,23,25)/b13-9-. The topological polar surface area (TPSA) is 79.4 Å². The van der Waals surface area contributed by atoms with Crippen LogP contribution in [0.15, 0.2) is 58.8 Å². The number of nitriles is 1. The molecule has 0 spiro atoms. The van der Waals surface area contributed by atoms with Crippen molar-refractivity contribution in [2.75, 3.05) is 11.9 Å². The van der Waals surface area contributed by atoms with Gasteiger partial charge in [-0.3, -0.25) is 9.20 Å². The second-order valence-corrected chi connectivity index (χ2v) is 6.23. The molecule has 130 valence electrons. The van der Waals surface area contributed by atoms with Gasteiger partial charge in [-0.25, -0.2) is 4.98 Å². The molecule has 2 heterocycles. The number of carbonyl (C=O) groups excluding carboxylic acids is 1. The Balaban J connectivity index is 1.91. The number of para-hydroxylation sites is 2. The summed E-state index contributed by atoms with van der Waals surface area (Å²) >= 11 is 3.40. The summed E-state index contributed by atoms with van der Waals surface area (Å²) in [6.45, 7) is 2.34. The summed E-state index contributed by atoms with van der Waals surface area (Å²) in [7, 11) is 0. The maximum atomic E-state index is 12.5. The first-order valence-corrected chi connectivity index (χ1v) is 8.69. The highest BCUT2D eigenvalue weighted by Crippen LogP contribution is 2.24. The number of hydrogen-bond acceptors (Lipinski definition) is 4. The van der Waals surface area contributed by atoms with E-state index in [4.69, 9.17) is 4.74 Å². The van der Waals surface area contributed by atoms with Crippen molar-refractivity contribution in [3.63, 3.8) is 0 Å². The molecule has 0 aliphatic rings. The van der Waals surface area contributed by atoms with Crippen molar-refractivity contribution in [2.45, 2.75) is 6.92 Å². The van der Waals surface area contributed by atoms with E-state index < -0.39 is 5.91 Å². The Kier molecular flexibility index (Phi) is 5.34. The fraction of sp³-hybridized carbons (Fsp3) is 0.105. The molecule has 1 amide bonds. The van der Waals surface area contributed by atoms with E-state index in [-0.39, 0.29) is 5.57 Å². The van der Waals surface area contributed by atoms with Crippen LogP contribution in [0.1, 0.15) is 12.6 Å². The molecule has 0 bridgehead atoms. The summed E-state index contributed by atoms with van der Waals surface area (Å²) in [6.07, 6.45) is 4.94. The Morgan fingerprint density at radius 2 is 2.19 bits per heavy atom. The van der Waals surface area contributed by atoms with Crippen LogP contribution in [-0.2, 0) is 4.79 Å². The summed E-state index contributed by atoms with van der Waals surface area (Å²) in [4.78, 5) is 16.8. The van der Waals surface area contributed by atoms with Crippen LogP contribution in [0, 0.1) is 11.3 Å². The molecule has 3 rings (SSSR count). The third-order valence-electron chi connectivity index (χ3n) is 3.59. The zero-order valence-electron chi connectivity index (χ0n) is 13.9. The van der Waals surface area contributed by atoms with Crippen LogP contribution in [0.25, 0.3) is 11.7 Å². The van der Waals surface area contributed by atoms with Gasteiger partial charge in [-0.05, 0) is 53.2 Å². The number of halogens is 1. The lowest BCUT2D eigenvalue weighted by Crippen LogP contribution is -2.14. The predicted octanol–water partition coefficient (Wildman–Crippen LogP) is 4.04. The normalized spacial score (nSPS) is 11.2. The number of ether oxygens (including phenoxy) is 1. The van der Waals surface area contributed by atoms with Crippen molar-refractivity contribution >= 4 is 39.2 Å². The number of nitrogens with zero attached hydrogens (tertiary/aromatic N) is 3. The molecule has 7 heteroatoms. The Hall–Kier alpha value is -3.11. The van der Waals surface area contributed by atoms with Gasteiger partial charge >= 0.3 is 0 Å². The van der Waals surface area contributed by atoms with Gasteiger partial charge in [-0.2, -0.15) is 5.26 Å². The first-order valence-electron chi connectivity index (χ1n) is 7.90. The minimum absolute atomic E-state index is 0.0296. The molecule has 2 aromatic heterocycles. The number of fused-ring (bicyclic) bond motifs is 1. The number of hydrogen-bond donors (Lipinski definition) is 1. The fourth-order valence-electron chi connectivity index (χ4n) is 2.42. The fourth-order valence-corrected chi connectivity index (χ4v) is 2.75. The van der Waals surface area contributed by atoms with Crippen LogP contribution in [-0.4, -0.2) is 21.9 Å². The highest BCUT2D eigenvalue weighted by molar-refractivity contribution is 9.10. The molecular formula is C19H15BrN4O2. The highest BCUT2D eigenvalue weighted by Gasteiger charge is 2.13. The van der Waals surface area contributed by atoms with E-state index in [0.29, 0.717) is 23.7 Å². The molecule has 6 nitrogen and oxygen atoms in total. The third-order valence-corrected chi connectivity index (χ3v) is 4.06. The van der Waals surface area contributed by atoms with E-state index in [2.05, 4.69) is 26.2 Å². The predicted molar refractivity (Wildman–Crippen MR) is 103 cm³/mol. The van der Waals surface area contributed by atoms with Crippen LogP contribution in [0.2, 0.25) is 0 Å². The van der Waals surface area contributed by atoms with Crippen LogP contribution < -0.4 is 10.1 Å². The second kappa shape index (κ2) is 7.85. The van der Waals surface area contributed by atoms with Crippen molar-refractivity contribution in [1.82, 2.24) is 9.38 Å². The van der Waals surface area contributed by atoms with E-state index in [1.165, 1.54) is 6.08 Å². The maximum Gasteiger partial charge on any atom is 0.266 e. The SMILES string of the molecule is CCOc1ccccc1NC(=O)/C(C#N)=C\c1cnc2ccc(Br)cn12. The smallest absolute Gasteiger partial charge is 0.266 e. The van der Waals surface area contributed by atoms with Gasteiger partial charge in [0.2, 0.25) is 0 Å². The lowest BCUT2D eigenvalue weighted by Gasteiger charge is -2.10. The molecule has 1 aromatic carbocycles. The van der Waals surface area contributed by atoms with E-state index in [1.54, 1.807) is 28.8 Å². The van der Waals surface area contributed by atoms with Crippen LogP contribution in [0.4, 0.5) is 5.69 Å². The zero-order valence-corrected chi connectivity index (χ0v) is 15.5. The number of amides is 1. The minimum atomic E-state index is -0.510. The first kappa shape index (κ1) is 17.7. The molecule has 0 saturated carbocycles. The Morgan fingerprint density at radius 1 is 1.38 bits per heavy atom. The van der Waals surface area contributed by atoms with Gasteiger partial charge in [0.15, 0.2) is 0 Å². The van der Waals surface area contributed by atoms with Crippen LogP contribution >= 0.6 is 15.9 Å². The quantitative estimate of drug-likeness (QED) is 0.508. The molecule has 0 saturated heterocycles. The van der Waals surface area contributed by atoms with Crippen molar-refractivity contribution in [3.8, 4) is 11.8 Å². The van der Waals surface area contributed by atoms with Crippen LogP contribution in [0.3, 0.4) is 0 Å². The molecular weight excluding hydrogens is 396 g/mol. The van der Waals surface area contributed by atoms with Crippen molar-refractivity contribution in [3.05, 3.63) is 64.5 Å². The number of carbonyl (C=O) groups is 1. The minimum Gasteiger partial charge on any atom is -0.492 e. The Morgan fingerprint density at radius 3 is 2.96 bits per heavy atom. The van der Waals surface area contributed by atoms with Gasteiger partial charge in [0.05, 0.1) is 24.2 Å². The van der Waals surface area contributed by atoms with Gasteiger partial charge in [-0.15, -0.1) is 0 Å². The summed E-state index contributed by atoms with van der Waals surface area (Å²) in [5.41, 5.74) is 1.84. The zero-order chi connectivity index (χ0) is 18.5. The van der Waals surface area contributed by atoms with Crippen molar-refractivity contribution in [1.29, 1.82) is 5.26 Å². The van der Waals surface area contributed by atoms with E-state index >= 15 is 0 Å². The monoisotopic (exact) mass is 410 g/mol.